The zero-order chi connectivity index (χ0) is 24.0. The van der Waals surface area contributed by atoms with Crippen LogP contribution in [0, 0.1) is 0 Å². The van der Waals surface area contributed by atoms with Crippen LogP contribution in [0.25, 0.3) is 11.8 Å². The predicted molar refractivity (Wildman–Crippen MR) is 133 cm³/mol. The summed E-state index contributed by atoms with van der Waals surface area (Å²) in [5.74, 6) is 1.11. The second kappa shape index (κ2) is 11.1. The summed E-state index contributed by atoms with van der Waals surface area (Å²) in [5, 5.41) is 0. The third-order valence-electron chi connectivity index (χ3n) is 4.66. The number of benzene rings is 2. The van der Waals surface area contributed by atoms with E-state index in [1.807, 2.05) is 62.3 Å². The summed E-state index contributed by atoms with van der Waals surface area (Å²) in [7, 11) is 0.325. The second-order valence-corrected chi connectivity index (χ2v) is 13.4. The Bertz CT molecular complexity index is 1230. The zero-order valence-electron chi connectivity index (χ0n) is 18.8. The van der Waals surface area contributed by atoms with Crippen LogP contribution >= 0.6 is 0 Å². The molecule has 2 aromatic rings. The standard InChI is InChI=1S/C24H26FNO5STe/c1-5-30-23-17-21(9-7-6-8-18-10-12-19(13-11-18)26(2)3)33(31-32(25,27)28)24-16-20(29-4)14-15-22(23)24/h6-17H,5H2,1-4H3/b8-6+,9-7+. The molecular formula is C24H26FNO5STe. The minimum absolute atomic E-state index is 0.426. The van der Waals surface area contributed by atoms with Crippen LogP contribution in [-0.2, 0) is 17.8 Å². The molecule has 176 valence electrons. The Morgan fingerprint density at radius 2 is 1.76 bits per heavy atom. The van der Waals surface area contributed by atoms with Gasteiger partial charge in [0.1, 0.15) is 0 Å². The molecule has 33 heavy (non-hydrogen) atoms. The van der Waals surface area contributed by atoms with E-state index in [-0.39, 0.29) is 0 Å². The van der Waals surface area contributed by atoms with Crippen molar-refractivity contribution in [2.75, 3.05) is 32.7 Å². The van der Waals surface area contributed by atoms with Crippen LogP contribution < -0.4 is 13.2 Å². The number of methoxy groups -OCH3 is 1. The van der Waals surface area contributed by atoms with E-state index in [1.165, 1.54) is 7.11 Å². The molecule has 0 bridgehead atoms. The predicted octanol–water partition coefficient (Wildman–Crippen LogP) is 3.61. The Morgan fingerprint density at radius 1 is 1.06 bits per heavy atom. The molecule has 1 aliphatic rings. The van der Waals surface area contributed by atoms with Crippen LogP contribution in [0.15, 0.2) is 66.8 Å². The van der Waals surface area contributed by atoms with Gasteiger partial charge in [0, 0.05) is 0 Å². The molecule has 9 heteroatoms. The van der Waals surface area contributed by atoms with Gasteiger partial charge in [0.2, 0.25) is 0 Å². The average molecular weight is 587 g/mol. The number of rotatable bonds is 9. The maximum atomic E-state index is 13.6. The quantitative estimate of drug-likeness (QED) is 0.254. The molecule has 0 spiro atoms. The number of fused-ring (bicyclic) bond motifs is 1. The van der Waals surface area contributed by atoms with Gasteiger partial charge in [-0.3, -0.25) is 0 Å². The first-order chi connectivity index (χ1) is 15.7. The third-order valence-corrected chi connectivity index (χ3v) is 11.6. The van der Waals surface area contributed by atoms with Gasteiger partial charge in [0.15, 0.2) is 0 Å². The van der Waals surface area contributed by atoms with Crippen molar-refractivity contribution in [1.82, 2.24) is 0 Å². The molecule has 1 aliphatic heterocycles. The molecule has 0 unspecified atom stereocenters. The van der Waals surface area contributed by atoms with E-state index in [0.29, 0.717) is 30.8 Å². The molecule has 0 fully saturated rings. The van der Waals surface area contributed by atoms with E-state index >= 15 is 0 Å². The van der Waals surface area contributed by atoms with Crippen molar-refractivity contribution >= 4 is 54.7 Å². The van der Waals surface area contributed by atoms with Crippen molar-refractivity contribution in [3.8, 4) is 5.75 Å². The van der Waals surface area contributed by atoms with Crippen LogP contribution in [-0.4, -0.2) is 59.3 Å². The summed E-state index contributed by atoms with van der Waals surface area (Å²) >= 11 is -3.30. The van der Waals surface area contributed by atoms with Crippen molar-refractivity contribution in [3.63, 3.8) is 0 Å². The van der Waals surface area contributed by atoms with Crippen molar-refractivity contribution in [1.29, 1.82) is 0 Å². The Balaban J connectivity index is 2.00. The van der Waals surface area contributed by atoms with E-state index in [0.717, 1.165) is 11.3 Å². The van der Waals surface area contributed by atoms with Gasteiger partial charge < -0.3 is 0 Å². The summed E-state index contributed by atoms with van der Waals surface area (Å²) in [6, 6.07) is 13.3. The number of hydrogen-bond donors (Lipinski definition) is 0. The van der Waals surface area contributed by atoms with Crippen molar-refractivity contribution in [2.45, 2.75) is 6.92 Å². The van der Waals surface area contributed by atoms with Crippen LogP contribution in [0.4, 0.5) is 9.57 Å². The van der Waals surface area contributed by atoms with Gasteiger partial charge in [-0.05, 0) is 0 Å². The fourth-order valence-electron chi connectivity index (χ4n) is 3.12. The van der Waals surface area contributed by atoms with Gasteiger partial charge in [0.25, 0.3) is 0 Å². The van der Waals surface area contributed by atoms with Crippen LogP contribution in [0.5, 0.6) is 5.75 Å². The zero-order valence-corrected chi connectivity index (χ0v) is 22.0. The molecule has 6 nitrogen and oxygen atoms in total. The van der Waals surface area contributed by atoms with Crippen LogP contribution in [0.3, 0.4) is 0 Å². The monoisotopic (exact) mass is 589 g/mol. The van der Waals surface area contributed by atoms with Gasteiger partial charge in [-0.15, -0.1) is 0 Å². The van der Waals surface area contributed by atoms with Crippen molar-refractivity contribution < 1.29 is 24.3 Å². The van der Waals surface area contributed by atoms with E-state index in [1.54, 1.807) is 36.4 Å². The number of ether oxygens (including phenoxy) is 2. The molecule has 0 amide bonds. The normalized spacial score (nSPS) is 14.5. The van der Waals surface area contributed by atoms with Crippen molar-refractivity contribution in [3.05, 3.63) is 77.9 Å². The first-order valence-electron chi connectivity index (χ1n) is 10.1. The van der Waals surface area contributed by atoms with Gasteiger partial charge >= 0.3 is 202 Å². The molecule has 0 aliphatic carbocycles. The Kier molecular flexibility index (Phi) is 8.49. The number of allylic oxidation sites excluding steroid dienone is 4. The van der Waals surface area contributed by atoms with E-state index in [9.17, 15) is 12.3 Å². The summed E-state index contributed by atoms with van der Waals surface area (Å²) in [5.41, 5.74) is 2.80. The first kappa shape index (κ1) is 25.2. The number of hydrogen-bond acceptors (Lipinski definition) is 6. The summed E-state index contributed by atoms with van der Waals surface area (Å²) < 4.78 is 53.7. The molecule has 0 saturated carbocycles. The van der Waals surface area contributed by atoms with E-state index in [4.69, 9.17) is 12.0 Å². The summed E-state index contributed by atoms with van der Waals surface area (Å²) in [6.07, 6.45) is 9.02. The molecule has 0 radical (unpaired) electrons. The number of halogens is 1. The van der Waals surface area contributed by atoms with Crippen LogP contribution in [0.2, 0.25) is 0 Å². The SMILES string of the molecule is CCOC1=CC(/C=C/C=C/c2ccc(N(C)C)cc2)=[Te](OS(=O)(=O)F)c2cc(OC)ccc21. The van der Waals surface area contributed by atoms with Gasteiger partial charge in [-0.25, -0.2) is 0 Å². The fraction of sp³-hybridized carbons (Fsp3) is 0.208. The van der Waals surface area contributed by atoms with Gasteiger partial charge in [-0.1, -0.05) is 0 Å². The fourth-order valence-corrected chi connectivity index (χ4v) is 9.72. The van der Waals surface area contributed by atoms with E-state index < -0.39 is 30.0 Å². The Hall–Kier alpha value is -2.44. The summed E-state index contributed by atoms with van der Waals surface area (Å²) in [6.45, 7) is 2.29. The number of nitrogens with zero attached hydrogens (tertiary/aromatic N) is 1. The molecular weight excluding hydrogens is 561 g/mol. The molecule has 0 aromatic heterocycles. The van der Waals surface area contributed by atoms with E-state index in [2.05, 4.69) is 0 Å². The summed E-state index contributed by atoms with van der Waals surface area (Å²) in [4.78, 5) is 2.02. The first-order valence-corrected chi connectivity index (χ1v) is 14.7. The Labute approximate surface area is 201 Å². The molecule has 0 N–H and O–H groups in total. The van der Waals surface area contributed by atoms with Crippen molar-refractivity contribution in [2.24, 2.45) is 0 Å². The molecule has 3 rings (SSSR count). The Morgan fingerprint density at radius 3 is 2.36 bits per heavy atom. The topological polar surface area (TPSA) is 65.1 Å². The maximum absolute atomic E-state index is 13.6. The van der Waals surface area contributed by atoms with Gasteiger partial charge in [-0.2, -0.15) is 0 Å². The second-order valence-electron chi connectivity index (χ2n) is 7.14. The average Bonchev–Trinajstić information content (AvgIpc) is 2.78. The van der Waals surface area contributed by atoms with Gasteiger partial charge in [0.05, 0.1) is 0 Å². The minimum atomic E-state index is -5.15. The molecule has 0 atom stereocenters. The molecule has 1 heterocycles. The van der Waals surface area contributed by atoms with Crippen LogP contribution in [0.1, 0.15) is 18.1 Å². The molecule has 0 saturated heterocycles. The molecule has 2 aromatic carbocycles. The number of anilines is 1. The third kappa shape index (κ3) is 6.78.